The molecule has 0 saturated heterocycles. The Balaban J connectivity index is 3.46. The second-order valence-corrected chi connectivity index (χ2v) is 5.65. The Hall–Kier alpha value is -0.570. The quantitative estimate of drug-likeness (QED) is 0.481. The summed E-state index contributed by atoms with van der Waals surface area (Å²) in [5.74, 6) is 0.618. The SMILES string of the molecule is COC(=O)C(C)C(C)NCCCCCCC(C)C. The highest BCUT2D eigenvalue weighted by atomic mass is 16.5. The fourth-order valence-corrected chi connectivity index (χ4v) is 1.93. The third kappa shape index (κ3) is 8.51. The molecule has 0 radical (unpaired) electrons. The summed E-state index contributed by atoms with van der Waals surface area (Å²) in [6.45, 7) is 9.49. The molecule has 0 spiro atoms. The van der Waals surface area contributed by atoms with Crippen LogP contribution in [0.1, 0.15) is 59.8 Å². The van der Waals surface area contributed by atoms with Crippen LogP contribution in [0.3, 0.4) is 0 Å². The zero-order valence-corrected chi connectivity index (χ0v) is 12.8. The third-order valence-corrected chi connectivity index (χ3v) is 3.50. The largest absolute Gasteiger partial charge is 0.469 e. The van der Waals surface area contributed by atoms with Gasteiger partial charge in [0.25, 0.3) is 0 Å². The second-order valence-electron chi connectivity index (χ2n) is 5.65. The third-order valence-electron chi connectivity index (χ3n) is 3.50. The maximum absolute atomic E-state index is 11.3. The highest BCUT2D eigenvalue weighted by Gasteiger charge is 2.19. The maximum Gasteiger partial charge on any atom is 0.309 e. The first-order valence-corrected chi connectivity index (χ1v) is 7.30. The van der Waals surface area contributed by atoms with Crippen molar-refractivity contribution in [2.45, 2.75) is 65.8 Å². The predicted molar refractivity (Wildman–Crippen MR) is 76.6 cm³/mol. The number of ether oxygens (including phenoxy) is 1. The summed E-state index contributed by atoms with van der Waals surface area (Å²) in [5.41, 5.74) is 0. The minimum atomic E-state index is -0.132. The second kappa shape index (κ2) is 10.4. The molecule has 3 nitrogen and oxygen atoms in total. The van der Waals surface area contributed by atoms with Crippen LogP contribution in [0.5, 0.6) is 0 Å². The zero-order valence-electron chi connectivity index (χ0n) is 12.8. The molecular formula is C15H31NO2. The van der Waals surface area contributed by atoms with Gasteiger partial charge in [-0.2, -0.15) is 0 Å². The van der Waals surface area contributed by atoms with Crippen LogP contribution in [0.4, 0.5) is 0 Å². The number of carbonyl (C=O) groups is 1. The minimum absolute atomic E-state index is 0.0732. The predicted octanol–water partition coefficient (Wildman–Crippen LogP) is 3.38. The van der Waals surface area contributed by atoms with Gasteiger partial charge in [0.2, 0.25) is 0 Å². The van der Waals surface area contributed by atoms with Crippen molar-refractivity contribution in [3.8, 4) is 0 Å². The van der Waals surface area contributed by atoms with Gasteiger partial charge in [-0.1, -0.05) is 46.5 Å². The molecule has 0 aromatic heterocycles. The van der Waals surface area contributed by atoms with Crippen molar-refractivity contribution in [1.82, 2.24) is 5.32 Å². The van der Waals surface area contributed by atoms with Crippen molar-refractivity contribution in [3.63, 3.8) is 0 Å². The van der Waals surface area contributed by atoms with E-state index in [9.17, 15) is 4.79 Å². The van der Waals surface area contributed by atoms with Gasteiger partial charge in [0.05, 0.1) is 13.0 Å². The van der Waals surface area contributed by atoms with Crippen LogP contribution in [0.15, 0.2) is 0 Å². The molecule has 0 aliphatic carbocycles. The molecular weight excluding hydrogens is 226 g/mol. The van der Waals surface area contributed by atoms with Gasteiger partial charge < -0.3 is 10.1 Å². The van der Waals surface area contributed by atoms with E-state index in [2.05, 4.69) is 19.2 Å². The van der Waals surface area contributed by atoms with Crippen molar-refractivity contribution in [2.75, 3.05) is 13.7 Å². The molecule has 1 N–H and O–H groups in total. The number of nitrogens with one attached hydrogen (secondary N) is 1. The number of rotatable bonds is 10. The Morgan fingerprint density at radius 3 is 2.22 bits per heavy atom. The summed E-state index contributed by atoms with van der Waals surface area (Å²) in [6, 6.07) is 0.188. The van der Waals surface area contributed by atoms with Gasteiger partial charge in [-0.3, -0.25) is 4.79 Å². The number of esters is 1. The lowest BCUT2D eigenvalue weighted by atomic mass is 10.0. The summed E-state index contributed by atoms with van der Waals surface area (Å²) >= 11 is 0. The van der Waals surface area contributed by atoms with E-state index in [4.69, 9.17) is 4.74 Å². The first kappa shape index (κ1) is 17.4. The fraction of sp³-hybridized carbons (Fsp3) is 0.933. The lowest BCUT2D eigenvalue weighted by Gasteiger charge is -2.19. The van der Waals surface area contributed by atoms with Gasteiger partial charge in [-0.05, 0) is 25.8 Å². The molecule has 2 unspecified atom stereocenters. The van der Waals surface area contributed by atoms with Crippen LogP contribution >= 0.6 is 0 Å². The Labute approximate surface area is 113 Å². The Morgan fingerprint density at radius 1 is 1.06 bits per heavy atom. The molecule has 0 saturated carbocycles. The molecule has 0 aromatic carbocycles. The monoisotopic (exact) mass is 257 g/mol. The molecule has 2 atom stereocenters. The lowest BCUT2D eigenvalue weighted by Crippen LogP contribution is -2.37. The molecule has 0 aliphatic rings. The molecule has 0 heterocycles. The average molecular weight is 257 g/mol. The minimum Gasteiger partial charge on any atom is -0.469 e. The van der Waals surface area contributed by atoms with Gasteiger partial charge in [-0.25, -0.2) is 0 Å². The Bertz CT molecular complexity index is 217. The van der Waals surface area contributed by atoms with Gasteiger partial charge in [-0.15, -0.1) is 0 Å². The molecule has 0 amide bonds. The Morgan fingerprint density at radius 2 is 1.67 bits per heavy atom. The first-order chi connectivity index (χ1) is 8.49. The van der Waals surface area contributed by atoms with Gasteiger partial charge in [0.1, 0.15) is 0 Å². The molecule has 0 aliphatic heterocycles. The summed E-state index contributed by atoms with van der Waals surface area (Å²) in [7, 11) is 1.44. The summed E-state index contributed by atoms with van der Waals surface area (Å²) in [5, 5.41) is 3.40. The standard InChI is InChI=1S/C15H31NO2/c1-12(2)10-8-6-7-9-11-16-14(4)13(3)15(17)18-5/h12-14,16H,6-11H2,1-5H3. The highest BCUT2D eigenvalue weighted by Crippen LogP contribution is 2.09. The van der Waals surface area contributed by atoms with Crippen molar-refractivity contribution in [2.24, 2.45) is 11.8 Å². The molecule has 0 fully saturated rings. The van der Waals surface area contributed by atoms with Crippen LogP contribution in [-0.2, 0) is 9.53 Å². The molecule has 108 valence electrons. The van der Waals surface area contributed by atoms with E-state index < -0.39 is 0 Å². The van der Waals surface area contributed by atoms with E-state index in [-0.39, 0.29) is 17.9 Å². The normalized spacial score (nSPS) is 14.6. The van der Waals surface area contributed by atoms with E-state index in [1.54, 1.807) is 0 Å². The fourth-order valence-electron chi connectivity index (χ4n) is 1.93. The van der Waals surface area contributed by atoms with Crippen LogP contribution < -0.4 is 5.32 Å². The highest BCUT2D eigenvalue weighted by molar-refractivity contribution is 5.72. The van der Waals surface area contributed by atoms with Crippen LogP contribution in [0.25, 0.3) is 0 Å². The summed E-state index contributed by atoms with van der Waals surface area (Å²) in [6.07, 6.45) is 6.46. The summed E-state index contributed by atoms with van der Waals surface area (Å²) < 4.78 is 4.74. The van der Waals surface area contributed by atoms with Crippen LogP contribution in [0, 0.1) is 11.8 Å². The van der Waals surface area contributed by atoms with E-state index in [0.717, 1.165) is 12.5 Å². The first-order valence-electron chi connectivity index (χ1n) is 7.30. The molecule has 0 rings (SSSR count). The van der Waals surface area contributed by atoms with Gasteiger partial charge >= 0.3 is 5.97 Å². The average Bonchev–Trinajstić information content (AvgIpc) is 2.35. The molecule has 18 heavy (non-hydrogen) atoms. The number of methoxy groups -OCH3 is 1. The van der Waals surface area contributed by atoms with Crippen LogP contribution in [-0.4, -0.2) is 25.7 Å². The van der Waals surface area contributed by atoms with E-state index in [1.165, 1.54) is 39.2 Å². The topological polar surface area (TPSA) is 38.3 Å². The van der Waals surface area contributed by atoms with Gasteiger partial charge in [0.15, 0.2) is 0 Å². The van der Waals surface area contributed by atoms with E-state index >= 15 is 0 Å². The van der Waals surface area contributed by atoms with E-state index in [1.807, 2.05) is 13.8 Å². The zero-order chi connectivity index (χ0) is 14.0. The van der Waals surface area contributed by atoms with Crippen molar-refractivity contribution < 1.29 is 9.53 Å². The maximum atomic E-state index is 11.3. The number of carbonyl (C=O) groups excluding carboxylic acids is 1. The van der Waals surface area contributed by atoms with E-state index in [0.29, 0.717) is 0 Å². The molecule has 0 aromatic rings. The summed E-state index contributed by atoms with van der Waals surface area (Å²) in [4.78, 5) is 11.3. The molecule has 0 bridgehead atoms. The number of hydrogen-bond acceptors (Lipinski definition) is 3. The van der Waals surface area contributed by atoms with Crippen molar-refractivity contribution in [1.29, 1.82) is 0 Å². The number of unbranched alkanes of at least 4 members (excludes halogenated alkanes) is 3. The van der Waals surface area contributed by atoms with Crippen molar-refractivity contribution in [3.05, 3.63) is 0 Å². The Kier molecular flexibility index (Phi) is 10.0. The van der Waals surface area contributed by atoms with Crippen molar-refractivity contribution >= 4 is 5.97 Å². The van der Waals surface area contributed by atoms with Gasteiger partial charge in [0, 0.05) is 6.04 Å². The smallest absolute Gasteiger partial charge is 0.309 e. The lowest BCUT2D eigenvalue weighted by molar-refractivity contribution is -0.145. The van der Waals surface area contributed by atoms with Crippen LogP contribution in [0.2, 0.25) is 0 Å². The number of hydrogen-bond donors (Lipinski definition) is 1. The molecule has 3 heteroatoms.